The summed E-state index contributed by atoms with van der Waals surface area (Å²) in [4.78, 5) is 0. The van der Waals surface area contributed by atoms with Crippen molar-refractivity contribution < 1.29 is 4.74 Å². The molecule has 1 unspecified atom stereocenters. The molecule has 2 nitrogen and oxygen atoms in total. The lowest BCUT2D eigenvalue weighted by atomic mass is 10.1. The van der Waals surface area contributed by atoms with E-state index in [1.54, 1.807) is 0 Å². The van der Waals surface area contributed by atoms with Gasteiger partial charge in [-0.05, 0) is 32.5 Å². The third-order valence-electron chi connectivity index (χ3n) is 3.16. The van der Waals surface area contributed by atoms with Gasteiger partial charge in [0.25, 0.3) is 0 Å². The lowest BCUT2D eigenvalue weighted by Gasteiger charge is -2.18. The topological polar surface area (TPSA) is 21.3 Å². The minimum atomic E-state index is 0.0551. The summed E-state index contributed by atoms with van der Waals surface area (Å²) in [5, 5.41) is 3.18. The molecule has 0 heterocycles. The Morgan fingerprint density at radius 3 is 2.53 bits per heavy atom. The minimum Gasteiger partial charge on any atom is -0.486 e. The number of hydrogen-bond acceptors (Lipinski definition) is 2. The smallest absolute Gasteiger partial charge is 0.124 e. The highest BCUT2D eigenvalue weighted by Gasteiger charge is 2.10. The highest BCUT2D eigenvalue weighted by Crippen LogP contribution is 2.26. The monoisotopic (exact) mass is 255 g/mol. The molecule has 0 radical (unpaired) electrons. The Balaban J connectivity index is 2.18. The van der Waals surface area contributed by atoms with Crippen LogP contribution in [-0.2, 0) is 6.54 Å². The molecule has 2 aromatic carbocycles. The molecule has 2 aromatic rings. The number of aryl methyl sites for hydroxylation is 1. The van der Waals surface area contributed by atoms with E-state index in [-0.39, 0.29) is 6.10 Å². The molecule has 1 atom stereocenters. The fourth-order valence-electron chi connectivity index (χ4n) is 2.13. The van der Waals surface area contributed by atoms with Crippen LogP contribution >= 0.6 is 0 Å². The Bertz CT molecular complexity index is 522. The summed E-state index contributed by atoms with van der Waals surface area (Å²) in [5.74, 6) is 0.955. The Morgan fingerprint density at radius 2 is 1.84 bits per heavy atom. The van der Waals surface area contributed by atoms with Crippen molar-refractivity contribution in [3.8, 4) is 5.75 Å². The van der Waals surface area contributed by atoms with Crippen molar-refractivity contribution in [1.29, 1.82) is 0 Å². The predicted octanol–water partition coefficient (Wildman–Crippen LogP) is 3.85. The largest absolute Gasteiger partial charge is 0.486 e. The average Bonchev–Trinajstić information content (AvgIpc) is 2.43. The fourth-order valence-corrected chi connectivity index (χ4v) is 2.13. The van der Waals surface area contributed by atoms with Gasteiger partial charge in [-0.3, -0.25) is 0 Å². The van der Waals surface area contributed by atoms with E-state index in [2.05, 4.69) is 49.5 Å². The third-order valence-corrected chi connectivity index (χ3v) is 3.16. The van der Waals surface area contributed by atoms with Gasteiger partial charge in [-0.25, -0.2) is 0 Å². The van der Waals surface area contributed by atoms with Crippen LogP contribution in [0.1, 0.15) is 29.7 Å². The van der Waals surface area contributed by atoms with Crippen LogP contribution < -0.4 is 10.1 Å². The molecule has 19 heavy (non-hydrogen) atoms. The normalized spacial score (nSPS) is 12.2. The van der Waals surface area contributed by atoms with Gasteiger partial charge in [0.05, 0.1) is 0 Å². The molecule has 100 valence electrons. The van der Waals surface area contributed by atoms with Crippen LogP contribution in [0, 0.1) is 6.92 Å². The molecule has 2 rings (SSSR count). The molecule has 0 aliphatic carbocycles. The second-order valence-corrected chi connectivity index (χ2v) is 4.81. The lowest BCUT2D eigenvalue weighted by molar-refractivity contribution is 0.224. The second-order valence-electron chi connectivity index (χ2n) is 4.81. The van der Waals surface area contributed by atoms with E-state index in [1.807, 2.05) is 25.2 Å². The Labute approximate surface area is 115 Å². The zero-order valence-corrected chi connectivity index (χ0v) is 11.8. The van der Waals surface area contributed by atoms with Crippen LogP contribution in [0.5, 0.6) is 5.75 Å². The second kappa shape index (κ2) is 6.39. The highest BCUT2D eigenvalue weighted by molar-refractivity contribution is 5.37. The van der Waals surface area contributed by atoms with Crippen molar-refractivity contribution in [2.75, 3.05) is 7.05 Å². The Hall–Kier alpha value is -1.80. The van der Waals surface area contributed by atoms with Gasteiger partial charge >= 0.3 is 0 Å². The first kappa shape index (κ1) is 13.6. The van der Waals surface area contributed by atoms with E-state index >= 15 is 0 Å². The molecule has 0 spiro atoms. The van der Waals surface area contributed by atoms with Crippen molar-refractivity contribution in [3.63, 3.8) is 0 Å². The van der Waals surface area contributed by atoms with Crippen LogP contribution in [-0.4, -0.2) is 7.05 Å². The molecule has 0 saturated carbocycles. The maximum atomic E-state index is 6.10. The molecule has 0 aromatic heterocycles. The van der Waals surface area contributed by atoms with Gasteiger partial charge in [0, 0.05) is 12.1 Å². The first-order valence-electron chi connectivity index (χ1n) is 6.66. The first-order valence-corrected chi connectivity index (χ1v) is 6.66. The molecule has 0 amide bonds. The van der Waals surface area contributed by atoms with Crippen molar-refractivity contribution in [2.45, 2.75) is 26.5 Å². The Kier molecular flexibility index (Phi) is 4.58. The molecule has 2 heteroatoms. The van der Waals surface area contributed by atoms with Gasteiger partial charge in [0.15, 0.2) is 0 Å². The van der Waals surface area contributed by atoms with Crippen LogP contribution in [0.3, 0.4) is 0 Å². The van der Waals surface area contributed by atoms with E-state index in [0.29, 0.717) is 0 Å². The van der Waals surface area contributed by atoms with Gasteiger partial charge in [0.2, 0.25) is 0 Å². The van der Waals surface area contributed by atoms with E-state index in [4.69, 9.17) is 4.74 Å². The Morgan fingerprint density at radius 1 is 1.11 bits per heavy atom. The molecular formula is C17H21NO. The SMILES string of the molecule is CNCc1cc(C)ccc1OC(C)c1ccccc1. The van der Waals surface area contributed by atoms with Crippen molar-refractivity contribution >= 4 is 0 Å². The van der Waals surface area contributed by atoms with Gasteiger partial charge < -0.3 is 10.1 Å². The molecule has 0 aliphatic heterocycles. The molecule has 0 aliphatic rings. The number of hydrogen-bond donors (Lipinski definition) is 1. The maximum Gasteiger partial charge on any atom is 0.124 e. The molecule has 0 saturated heterocycles. The van der Waals surface area contributed by atoms with Gasteiger partial charge in [-0.2, -0.15) is 0 Å². The number of rotatable bonds is 5. The molecule has 0 fully saturated rings. The summed E-state index contributed by atoms with van der Waals surface area (Å²) in [6, 6.07) is 16.6. The van der Waals surface area contributed by atoms with Crippen molar-refractivity contribution in [1.82, 2.24) is 5.32 Å². The zero-order valence-electron chi connectivity index (χ0n) is 11.8. The van der Waals surface area contributed by atoms with Crippen molar-refractivity contribution in [3.05, 3.63) is 65.2 Å². The summed E-state index contributed by atoms with van der Waals surface area (Å²) in [6.45, 7) is 5.00. The third kappa shape index (κ3) is 3.58. The van der Waals surface area contributed by atoms with Crippen LogP contribution in [0.15, 0.2) is 48.5 Å². The summed E-state index contributed by atoms with van der Waals surface area (Å²) in [7, 11) is 1.95. The van der Waals surface area contributed by atoms with E-state index in [0.717, 1.165) is 12.3 Å². The summed E-state index contributed by atoms with van der Waals surface area (Å²) in [6.07, 6.45) is 0.0551. The minimum absolute atomic E-state index is 0.0551. The molecule has 1 N–H and O–H groups in total. The summed E-state index contributed by atoms with van der Waals surface area (Å²) >= 11 is 0. The number of nitrogens with one attached hydrogen (secondary N) is 1. The highest BCUT2D eigenvalue weighted by atomic mass is 16.5. The fraction of sp³-hybridized carbons (Fsp3) is 0.294. The van der Waals surface area contributed by atoms with E-state index in [9.17, 15) is 0 Å². The molecular weight excluding hydrogens is 234 g/mol. The number of benzene rings is 2. The molecule has 0 bridgehead atoms. The maximum absolute atomic E-state index is 6.10. The van der Waals surface area contributed by atoms with Gasteiger partial charge in [-0.1, -0.05) is 48.0 Å². The van der Waals surface area contributed by atoms with Gasteiger partial charge in [-0.15, -0.1) is 0 Å². The van der Waals surface area contributed by atoms with Crippen LogP contribution in [0.2, 0.25) is 0 Å². The summed E-state index contributed by atoms with van der Waals surface area (Å²) in [5.41, 5.74) is 3.65. The van der Waals surface area contributed by atoms with E-state index < -0.39 is 0 Å². The predicted molar refractivity (Wildman–Crippen MR) is 79.4 cm³/mol. The average molecular weight is 255 g/mol. The zero-order chi connectivity index (χ0) is 13.7. The van der Waals surface area contributed by atoms with Crippen LogP contribution in [0.25, 0.3) is 0 Å². The van der Waals surface area contributed by atoms with Crippen molar-refractivity contribution in [2.24, 2.45) is 0 Å². The quantitative estimate of drug-likeness (QED) is 0.876. The van der Waals surface area contributed by atoms with E-state index in [1.165, 1.54) is 16.7 Å². The summed E-state index contributed by atoms with van der Waals surface area (Å²) < 4.78 is 6.10. The lowest BCUT2D eigenvalue weighted by Crippen LogP contribution is -2.10. The standard InChI is InChI=1S/C17H21NO/c1-13-9-10-17(16(11-13)12-18-3)19-14(2)15-7-5-4-6-8-15/h4-11,14,18H,12H2,1-3H3. The first-order chi connectivity index (χ1) is 9.20. The number of ether oxygens (including phenoxy) is 1. The van der Waals surface area contributed by atoms with Crippen LogP contribution in [0.4, 0.5) is 0 Å². The van der Waals surface area contributed by atoms with Gasteiger partial charge in [0.1, 0.15) is 11.9 Å².